The minimum Gasteiger partial charge on any atom is -0.375 e. The first-order valence-electron chi connectivity index (χ1n) is 9.04. The van der Waals surface area contributed by atoms with Gasteiger partial charge in [0.05, 0.1) is 30.6 Å². The summed E-state index contributed by atoms with van der Waals surface area (Å²) < 4.78 is 7.65. The van der Waals surface area contributed by atoms with Crippen molar-refractivity contribution in [1.29, 1.82) is 0 Å². The van der Waals surface area contributed by atoms with E-state index in [1.54, 1.807) is 0 Å². The van der Waals surface area contributed by atoms with Gasteiger partial charge in [-0.15, -0.1) is 24.0 Å². The highest BCUT2D eigenvalue weighted by Gasteiger charge is 2.23. The summed E-state index contributed by atoms with van der Waals surface area (Å²) in [4.78, 5) is 6.73. The third kappa shape index (κ3) is 3.88. The molecule has 0 radical (unpaired) electrons. The Labute approximate surface area is 171 Å². The number of aromatic nitrogens is 2. The molecule has 1 aliphatic carbocycles. The maximum absolute atomic E-state index is 6.21. The molecule has 26 heavy (non-hydrogen) atoms. The van der Waals surface area contributed by atoms with Crippen LogP contribution < -0.4 is 5.73 Å². The van der Waals surface area contributed by atoms with Crippen LogP contribution in [0.15, 0.2) is 35.3 Å². The Morgan fingerprint density at radius 3 is 2.88 bits per heavy atom. The predicted molar refractivity (Wildman–Crippen MR) is 113 cm³/mol. The molecule has 7 heteroatoms. The van der Waals surface area contributed by atoms with E-state index in [-0.39, 0.29) is 30.1 Å². The number of guanidine groups is 1. The first-order chi connectivity index (χ1) is 12.2. The lowest BCUT2D eigenvalue weighted by atomic mass is 10.2. The van der Waals surface area contributed by atoms with E-state index in [1.165, 1.54) is 17.7 Å². The van der Waals surface area contributed by atoms with Crippen LogP contribution in [0.3, 0.4) is 0 Å². The summed E-state index contributed by atoms with van der Waals surface area (Å²) >= 11 is 0. The molecule has 0 amide bonds. The average molecular weight is 467 g/mol. The third-order valence-electron chi connectivity index (χ3n) is 4.97. The van der Waals surface area contributed by atoms with Crippen molar-refractivity contribution < 1.29 is 4.74 Å². The van der Waals surface area contributed by atoms with Crippen LogP contribution in [0, 0.1) is 0 Å². The molecule has 2 aliphatic rings. The lowest BCUT2D eigenvalue weighted by Gasteiger charge is -2.31. The SMILES string of the molecule is CC1CN(C(N)=NCc2nn(-c3ccccc3)c3c2CCC3)CCO1.I. The fourth-order valence-corrected chi connectivity index (χ4v) is 3.71. The van der Waals surface area contributed by atoms with Gasteiger partial charge in [-0.3, -0.25) is 0 Å². The molecule has 0 bridgehead atoms. The van der Waals surface area contributed by atoms with E-state index < -0.39 is 0 Å². The molecule has 1 aromatic carbocycles. The molecule has 0 saturated carbocycles. The standard InChI is InChI=1S/C19H25N5O.HI/c1-14-13-23(10-11-25-14)19(20)21-12-17-16-8-5-9-18(16)24(22-17)15-6-3-2-4-7-15;/h2-4,6-7,14H,5,8-13H2,1H3,(H2,20,21);1H. The molecule has 1 atom stereocenters. The Morgan fingerprint density at radius 2 is 2.12 bits per heavy atom. The number of hydrogen-bond donors (Lipinski definition) is 1. The second kappa shape index (κ2) is 8.39. The van der Waals surface area contributed by atoms with Gasteiger partial charge in [-0.25, -0.2) is 9.67 Å². The molecular formula is C19H26IN5O. The number of fused-ring (bicyclic) bond motifs is 1. The smallest absolute Gasteiger partial charge is 0.191 e. The Kier molecular flexibility index (Phi) is 6.18. The molecule has 2 N–H and O–H groups in total. The molecule has 1 aromatic heterocycles. The fraction of sp³-hybridized carbons (Fsp3) is 0.474. The van der Waals surface area contributed by atoms with Crippen molar-refractivity contribution in [2.75, 3.05) is 19.7 Å². The van der Waals surface area contributed by atoms with Crippen molar-refractivity contribution in [1.82, 2.24) is 14.7 Å². The highest BCUT2D eigenvalue weighted by atomic mass is 127. The van der Waals surface area contributed by atoms with Gasteiger partial charge in [0.15, 0.2) is 5.96 Å². The van der Waals surface area contributed by atoms with Crippen LogP contribution in [0.1, 0.15) is 30.3 Å². The Hall–Kier alpha value is -1.61. The first kappa shape index (κ1) is 19.2. The quantitative estimate of drug-likeness (QED) is 0.428. The number of aliphatic imine (C=N–C) groups is 1. The summed E-state index contributed by atoms with van der Waals surface area (Å²) in [6.07, 6.45) is 3.55. The monoisotopic (exact) mass is 467 g/mol. The van der Waals surface area contributed by atoms with Gasteiger partial charge in [0, 0.05) is 18.8 Å². The van der Waals surface area contributed by atoms with Gasteiger partial charge in [-0.05, 0) is 43.9 Å². The number of hydrogen-bond acceptors (Lipinski definition) is 3. The maximum atomic E-state index is 6.21. The van der Waals surface area contributed by atoms with Gasteiger partial charge < -0.3 is 15.4 Å². The van der Waals surface area contributed by atoms with Crippen LogP contribution in [0.2, 0.25) is 0 Å². The van der Waals surface area contributed by atoms with Crippen LogP contribution >= 0.6 is 24.0 Å². The van der Waals surface area contributed by atoms with E-state index in [0.717, 1.165) is 37.3 Å². The van der Waals surface area contributed by atoms with Crippen molar-refractivity contribution in [2.45, 2.75) is 38.8 Å². The molecule has 0 spiro atoms. The van der Waals surface area contributed by atoms with E-state index in [0.29, 0.717) is 19.1 Å². The summed E-state index contributed by atoms with van der Waals surface area (Å²) in [5.41, 5.74) is 11.1. The minimum atomic E-state index is 0. The van der Waals surface area contributed by atoms with E-state index in [9.17, 15) is 0 Å². The zero-order valence-electron chi connectivity index (χ0n) is 15.1. The fourth-order valence-electron chi connectivity index (χ4n) is 3.71. The molecule has 4 rings (SSSR count). The first-order valence-corrected chi connectivity index (χ1v) is 9.04. The van der Waals surface area contributed by atoms with Crippen molar-refractivity contribution in [3.8, 4) is 5.69 Å². The molecular weight excluding hydrogens is 441 g/mol. The molecule has 1 saturated heterocycles. The van der Waals surface area contributed by atoms with Gasteiger partial charge in [0.2, 0.25) is 0 Å². The maximum Gasteiger partial charge on any atom is 0.191 e. The van der Waals surface area contributed by atoms with Gasteiger partial charge >= 0.3 is 0 Å². The minimum absolute atomic E-state index is 0. The Balaban J connectivity index is 0.00000196. The van der Waals surface area contributed by atoms with Crippen LogP contribution in [-0.2, 0) is 24.1 Å². The number of nitrogens with two attached hydrogens (primary N) is 1. The van der Waals surface area contributed by atoms with E-state index in [4.69, 9.17) is 15.6 Å². The van der Waals surface area contributed by atoms with E-state index in [2.05, 4.69) is 33.6 Å². The van der Waals surface area contributed by atoms with Crippen molar-refractivity contribution in [3.63, 3.8) is 0 Å². The van der Waals surface area contributed by atoms with Crippen molar-refractivity contribution in [3.05, 3.63) is 47.3 Å². The molecule has 1 fully saturated rings. The Morgan fingerprint density at radius 1 is 1.31 bits per heavy atom. The second-order valence-electron chi connectivity index (χ2n) is 6.77. The number of benzene rings is 1. The largest absolute Gasteiger partial charge is 0.375 e. The molecule has 6 nitrogen and oxygen atoms in total. The van der Waals surface area contributed by atoms with Crippen LogP contribution in [0.25, 0.3) is 5.69 Å². The number of para-hydroxylation sites is 1. The van der Waals surface area contributed by atoms with Gasteiger partial charge in [-0.1, -0.05) is 18.2 Å². The summed E-state index contributed by atoms with van der Waals surface area (Å²) in [5, 5.41) is 4.84. The molecule has 2 aromatic rings. The van der Waals surface area contributed by atoms with E-state index in [1.807, 2.05) is 18.2 Å². The molecule has 140 valence electrons. The molecule has 1 unspecified atom stereocenters. The topological polar surface area (TPSA) is 68.7 Å². The zero-order chi connectivity index (χ0) is 17.2. The number of ether oxygens (including phenoxy) is 1. The number of rotatable bonds is 3. The highest BCUT2D eigenvalue weighted by Crippen LogP contribution is 2.28. The van der Waals surface area contributed by atoms with Crippen molar-refractivity contribution >= 4 is 29.9 Å². The van der Waals surface area contributed by atoms with Crippen LogP contribution in [0.4, 0.5) is 0 Å². The average Bonchev–Trinajstić information content (AvgIpc) is 3.23. The molecule has 1 aliphatic heterocycles. The number of morpholine rings is 1. The summed E-state index contributed by atoms with van der Waals surface area (Å²) in [5.74, 6) is 0.594. The number of halogens is 1. The van der Waals surface area contributed by atoms with Crippen LogP contribution in [-0.4, -0.2) is 46.4 Å². The Bertz CT molecular complexity index is 774. The lowest BCUT2D eigenvalue weighted by molar-refractivity contribution is 0.00528. The second-order valence-corrected chi connectivity index (χ2v) is 6.77. The van der Waals surface area contributed by atoms with Crippen LogP contribution in [0.5, 0.6) is 0 Å². The van der Waals surface area contributed by atoms with E-state index >= 15 is 0 Å². The summed E-state index contributed by atoms with van der Waals surface area (Å²) in [6.45, 7) is 4.91. The lowest BCUT2D eigenvalue weighted by Crippen LogP contribution is -2.47. The van der Waals surface area contributed by atoms with Gasteiger partial charge in [0.1, 0.15) is 0 Å². The zero-order valence-corrected chi connectivity index (χ0v) is 17.4. The summed E-state index contributed by atoms with van der Waals surface area (Å²) in [7, 11) is 0. The van der Waals surface area contributed by atoms with Gasteiger partial charge in [-0.2, -0.15) is 5.10 Å². The molecule has 2 heterocycles. The highest BCUT2D eigenvalue weighted by molar-refractivity contribution is 14.0. The third-order valence-corrected chi connectivity index (χ3v) is 4.97. The summed E-state index contributed by atoms with van der Waals surface area (Å²) in [6, 6.07) is 10.3. The van der Waals surface area contributed by atoms with Gasteiger partial charge in [0.25, 0.3) is 0 Å². The normalized spacial score (nSPS) is 20.0. The number of nitrogens with zero attached hydrogens (tertiary/aromatic N) is 4. The van der Waals surface area contributed by atoms with Crippen molar-refractivity contribution in [2.24, 2.45) is 10.7 Å². The predicted octanol–water partition coefficient (Wildman–Crippen LogP) is 2.51.